The summed E-state index contributed by atoms with van der Waals surface area (Å²) in [4.78, 5) is 15.0. The number of carboxylic acids is 1. The van der Waals surface area contributed by atoms with Crippen LogP contribution in [0, 0.1) is 0 Å². The van der Waals surface area contributed by atoms with Crippen molar-refractivity contribution in [3.8, 4) is 5.88 Å². The first-order valence-electron chi connectivity index (χ1n) is 9.33. The van der Waals surface area contributed by atoms with Gasteiger partial charge in [0.05, 0.1) is 12.1 Å². The Labute approximate surface area is 159 Å². The fourth-order valence-corrected chi connectivity index (χ4v) is 2.70. The topological polar surface area (TPSA) is 59.4 Å². The molecule has 0 bridgehead atoms. The van der Waals surface area contributed by atoms with Gasteiger partial charge in [0, 0.05) is 11.5 Å². The molecule has 0 radical (unpaired) electrons. The molecule has 0 atom stereocenters. The van der Waals surface area contributed by atoms with Crippen LogP contribution in [-0.4, -0.2) is 22.7 Å². The fraction of sp³-hybridized carbons (Fsp3) is 0.364. The van der Waals surface area contributed by atoms with Gasteiger partial charge in [0.1, 0.15) is 0 Å². The Bertz CT molecular complexity index is 814. The van der Waals surface area contributed by atoms with Crippen LogP contribution in [0.5, 0.6) is 5.88 Å². The van der Waals surface area contributed by atoms with Crippen LogP contribution in [0.25, 0.3) is 10.9 Å². The molecule has 0 unspecified atom stereocenters. The lowest BCUT2D eigenvalue weighted by Crippen LogP contribution is -1.99. The summed E-state index contributed by atoms with van der Waals surface area (Å²) in [7, 11) is 0. The van der Waals surface area contributed by atoms with E-state index in [-0.39, 0.29) is 5.57 Å². The van der Waals surface area contributed by atoms with Crippen LogP contribution in [0.1, 0.15) is 45.4 Å². The molecule has 0 aliphatic heterocycles. The quantitative estimate of drug-likeness (QED) is 0.306. The molecular formula is C22H26FNO3. The Hall–Kier alpha value is -2.69. The van der Waals surface area contributed by atoms with E-state index in [1.807, 2.05) is 42.5 Å². The molecule has 1 heterocycles. The van der Waals surface area contributed by atoms with Gasteiger partial charge < -0.3 is 9.84 Å². The second-order valence-electron chi connectivity index (χ2n) is 6.45. The smallest absolute Gasteiger partial charge is 0.365 e. The molecular weight excluding hydrogens is 345 g/mol. The number of para-hydroxylation sites is 1. The predicted molar refractivity (Wildman–Crippen MR) is 106 cm³/mol. The summed E-state index contributed by atoms with van der Waals surface area (Å²) < 4.78 is 18.8. The molecule has 0 saturated heterocycles. The SMILES string of the molecule is CC(/C=C/CCCCCCCOc1ccc2ccccc2n1)=C(/F)C(=O)O. The average Bonchev–Trinajstić information content (AvgIpc) is 2.68. The summed E-state index contributed by atoms with van der Waals surface area (Å²) >= 11 is 0. The number of hydrogen-bond acceptors (Lipinski definition) is 3. The zero-order valence-corrected chi connectivity index (χ0v) is 15.7. The van der Waals surface area contributed by atoms with E-state index in [9.17, 15) is 9.18 Å². The van der Waals surface area contributed by atoms with Gasteiger partial charge in [-0.05, 0) is 43.9 Å². The van der Waals surface area contributed by atoms with Crippen molar-refractivity contribution >= 4 is 16.9 Å². The van der Waals surface area contributed by atoms with Gasteiger partial charge in [0.25, 0.3) is 0 Å². The van der Waals surface area contributed by atoms with Crippen LogP contribution >= 0.6 is 0 Å². The Morgan fingerprint density at radius 3 is 2.67 bits per heavy atom. The van der Waals surface area contributed by atoms with Gasteiger partial charge >= 0.3 is 5.97 Å². The maximum absolute atomic E-state index is 13.1. The number of unbranched alkanes of at least 4 members (excludes halogenated alkanes) is 5. The zero-order chi connectivity index (χ0) is 19.5. The second kappa shape index (κ2) is 11.1. The first-order valence-corrected chi connectivity index (χ1v) is 9.33. The monoisotopic (exact) mass is 371 g/mol. The number of carboxylic acid groups (broad SMARTS) is 1. The van der Waals surface area contributed by atoms with Crippen molar-refractivity contribution < 1.29 is 19.0 Å². The minimum absolute atomic E-state index is 0.155. The highest BCUT2D eigenvalue weighted by Gasteiger charge is 2.07. The van der Waals surface area contributed by atoms with Crippen LogP contribution in [0.15, 0.2) is 60.0 Å². The molecule has 1 aromatic carbocycles. The van der Waals surface area contributed by atoms with E-state index in [0.29, 0.717) is 12.5 Å². The van der Waals surface area contributed by atoms with Crippen molar-refractivity contribution in [2.75, 3.05) is 6.61 Å². The van der Waals surface area contributed by atoms with E-state index in [4.69, 9.17) is 9.84 Å². The third kappa shape index (κ3) is 7.21. The van der Waals surface area contributed by atoms with E-state index < -0.39 is 11.8 Å². The first-order chi connectivity index (χ1) is 13.1. The van der Waals surface area contributed by atoms with Gasteiger partial charge in [-0.1, -0.05) is 49.6 Å². The van der Waals surface area contributed by atoms with Gasteiger partial charge in [0.15, 0.2) is 0 Å². The van der Waals surface area contributed by atoms with Crippen LogP contribution in [0.4, 0.5) is 4.39 Å². The third-order valence-electron chi connectivity index (χ3n) is 4.24. The predicted octanol–water partition coefficient (Wildman–Crippen LogP) is 5.84. The molecule has 27 heavy (non-hydrogen) atoms. The molecule has 0 fully saturated rings. The van der Waals surface area contributed by atoms with E-state index in [1.165, 1.54) is 13.0 Å². The highest BCUT2D eigenvalue weighted by Crippen LogP contribution is 2.16. The third-order valence-corrected chi connectivity index (χ3v) is 4.24. The fourth-order valence-electron chi connectivity index (χ4n) is 2.70. The molecule has 2 aromatic rings. The Morgan fingerprint density at radius 1 is 1.11 bits per heavy atom. The Kier molecular flexibility index (Phi) is 8.49. The van der Waals surface area contributed by atoms with Gasteiger partial charge in [-0.25, -0.2) is 9.78 Å². The lowest BCUT2D eigenvalue weighted by atomic mass is 10.1. The molecule has 0 aliphatic carbocycles. The van der Waals surface area contributed by atoms with E-state index in [0.717, 1.165) is 49.4 Å². The van der Waals surface area contributed by atoms with Crippen LogP contribution in [0.2, 0.25) is 0 Å². The van der Waals surface area contributed by atoms with Crippen molar-refractivity contribution in [2.24, 2.45) is 0 Å². The lowest BCUT2D eigenvalue weighted by molar-refractivity contribution is -0.134. The molecule has 1 N–H and O–H groups in total. The van der Waals surface area contributed by atoms with Crippen LogP contribution in [-0.2, 0) is 4.79 Å². The number of allylic oxidation sites excluding steroid dienone is 3. The number of aliphatic carboxylic acids is 1. The maximum atomic E-state index is 13.1. The summed E-state index contributed by atoms with van der Waals surface area (Å²) in [5.41, 5.74) is 1.10. The summed E-state index contributed by atoms with van der Waals surface area (Å²) in [6, 6.07) is 11.9. The molecule has 1 aromatic heterocycles. The van der Waals surface area contributed by atoms with E-state index >= 15 is 0 Å². The molecule has 4 nitrogen and oxygen atoms in total. The van der Waals surface area contributed by atoms with Gasteiger partial charge in [-0.2, -0.15) is 4.39 Å². The molecule has 0 saturated carbocycles. The minimum Gasteiger partial charge on any atom is -0.478 e. The van der Waals surface area contributed by atoms with Crippen molar-refractivity contribution in [3.05, 3.63) is 60.0 Å². The first kappa shape index (κ1) is 20.6. The number of fused-ring (bicyclic) bond motifs is 1. The van der Waals surface area contributed by atoms with Crippen LogP contribution < -0.4 is 4.74 Å². The molecule has 5 heteroatoms. The number of pyridine rings is 1. The Balaban J connectivity index is 1.54. The van der Waals surface area contributed by atoms with E-state index in [2.05, 4.69) is 4.98 Å². The van der Waals surface area contributed by atoms with Crippen molar-refractivity contribution in [2.45, 2.75) is 45.4 Å². The number of nitrogens with zero attached hydrogens (tertiary/aromatic N) is 1. The number of carbonyl (C=O) groups is 1. The number of rotatable bonds is 11. The Morgan fingerprint density at radius 2 is 1.85 bits per heavy atom. The van der Waals surface area contributed by atoms with Crippen LogP contribution in [0.3, 0.4) is 0 Å². The summed E-state index contributed by atoms with van der Waals surface area (Å²) in [5, 5.41) is 9.64. The normalized spacial score (nSPS) is 12.4. The standard InChI is InChI=1S/C22H26FNO3/c1-17(21(23)22(25)26)11-7-5-3-2-4-6-10-16-27-20-15-14-18-12-8-9-13-19(18)24-20/h7-9,11-15H,2-6,10,16H2,1H3,(H,25,26)/b11-7+,21-17-. The minimum atomic E-state index is -1.52. The number of hydrogen-bond donors (Lipinski definition) is 1. The number of benzene rings is 1. The summed E-state index contributed by atoms with van der Waals surface area (Å²) in [5.74, 6) is -1.94. The van der Waals surface area contributed by atoms with E-state index in [1.54, 1.807) is 0 Å². The maximum Gasteiger partial charge on any atom is 0.365 e. The molecule has 144 valence electrons. The van der Waals surface area contributed by atoms with Crippen molar-refractivity contribution in [1.82, 2.24) is 4.98 Å². The summed E-state index contributed by atoms with van der Waals surface area (Å²) in [6.07, 6.45) is 9.46. The second-order valence-corrected chi connectivity index (χ2v) is 6.45. The zero-order valence-electron chi connectivity index (χ0n) is 15.7. The number of aromatic nitrogens is 1. The van der Waals surface area contributed by atoms with Gasteiger partial charge in [-0.15, -0.1) is 0 Å². The number of ether oxygens (including phenoxy) is 1. The molecule has 0 spiro atoms. The van der Waals surface area contributed by atoms with Gasteiger partial charge in [-0.3, -0.25) is 0 Å². The lowest BCUT2D eigenvalue weighted by Gasteiger charge is -2.06. The summed E-state index contributed by atoms with van der Waals surface area (Å²) in [6.45, 7) is 2.12. The number of halogens is 1. The largest absolute Gasteiger partial charge is 0.478 e. The highest BCUT2D eigenvalue weighted by atomic mass is 19.1. The average molecular weight is 371 g/mol. The van der Waals surface area contributed by atoms with Crippen molar-refractivity contribution in [3.63, 3.8) is 0 Å². The molecule has 0 amide bonds. The van der Waals surface area contributed by atoms with Gasteiger partial charge in [0.2, 0.25) is 11.7 Å². The highest BCUT2D eigenvalue weighted by molar-refractivity contribution is 5.85. The molecule has 2 rings (SSSR count). The molecule has 0 aliphatic rings. The van der Waals surface area contributed by atoms with Crippen molar-refractivity contribution in [1.29, 1.82) is 0 Å².